The van der Waals surface area contributed by atoms with Crippen molar-refractivity contribution in [2.45, 2.75) is 18.6 Å². The fraction of sp³-hybridized carbons (Fsp3) is 0.308. The van der Waals surface area contributed by atoms with Gasteiger partial charge < -0.3 is 10.3 Å². The molecule has 2 rings (SSSR count). The quantitative estimate of drug-likeness (QED) is 0.885. The fourth-order valence-electron chi connectivity index (χ4n) is 1.97. The summed E-state index contributed by atoms with van der Waals surface area (Å²) in [6, 6.07) is 4.01. The number of alkyl halides is 3. The van der Waals surface area contributed by atoms with E-state index in [9.17, 15) is 13.2 Å². The van der Waals surface area contributed by atoms with Gasteiger partial charge in [0.25, 0.3) is 0 Å². The maximum atomic E-state index is 12.9. The first-order valence-electron chi connectivity index (χ1n) is 5.94. The first kappa shape index (κ1) is 15.1. The molecule has 2 aromatic rings. The third-order valence-electron chi connectivity index (χ3n) is 3.00. The monoisotopic (exact) mass is 347 g/mol. The van der Waals surface area contributed by atoms with E-state index in [0.29, 0.717) is 12.0 Å². The van der Waals surface area contributed by atoms with E-state index in [1.165, 1.54) is 6.07 Å². The van der Waals surface area contributed by atoms with Crippen molar-refractivity contribution in [2.24, 2.45) is 0 Å². The van der Waals surface area contributed by atoms with Gasteiger partial charge in [0.1, 0.15) is 5.82 Å². The highest BCUT2D eigenvalue weighted by molar-refractivity contribution is 9.10. The molecule has 2 N–H and O–H groups in total. The van der Waals surface area contributed by atoms with Gasteiger partial charge in [0, 0.05) is 29.3 Å². The minimum atomic E-state index is -4.38. The van der Waals surface area contributed by atoms with Crippen molar-refractivity contribution in [3.8, 4) is 0 Å². The highest BCUT2D eigenvalue weighted by Crippen LogP contribution is 2.36. The predicted molar refractivity (Wildman–Crippen MR) is 73.2 cm³/mol. The Kier molecular flexibility index (Phi) is 4.49. The van der Waals surface area contributed by atoms with E-state index in [1.54, 1.807) is 25.5 Å². The second-order valence-corrected chi connectivity index (χ2v) is 5.17. The lowest BCUT2D eigenvalue weighted by molar-refractivity contribution is -0.138. The molecule has 0 saturated heterocycles. The third kappa shape index (κ3) is 3.40. The number of halogens is 4. The Morgan fingerprint density at radius 2 is 2.15 bits per heavy atom. The van der Waals surface area contributed by atoms with Crippen LogP contribution in [0.4, 0.5) is 13.2 Å². The lowest BCUT2D eigenvalue weighted by atomic mass is 10.0. The Bertz CT molecular complexity index is 567. The number of rotatable bonds is 4. The first-order chi connectivity index (χ1) is 9.41. The minimum absolute atomic E-state index is 0.0431. The summed E-state index contributed by atoms with van der Waals surface area (Å²) in [4.78, 5) is 7.04. The average molecular weight is 348 g/mol. The SMILES string of the molecule is CNC(Cc1ncc[nH]1)c1ccc(Br)c(C(F)(F)F)c1. The zero-order chi connectivity index (χ0) is 14.8. The summed E-state index contributed by atoms with van der Waals surface area (Å²) >= 11 is 2.94. The zero-order valence-electron chi connectivity index (χ0n) is 10.6. The maximum Gasteiger partial charge on any atom is 0.417 e. The molecule has 3 nitrogen and oxygen atoms in total. The molecular weight excluding hydrogens is 335 g/mol. The van der Waals surface area contributed by atoms with Crippen LogP contribution in [0.2, 0.25) is 0 Å². The van der Waals surface area contributed by atoms with Crippen LogP contribution in [-0.2, 0) is 12.6 Å². The van der Waals surface area contributed by atoms with E-state index in [1.807, 2.05) is 0 Å². The van der Waals surface area contributed by atoms with Crippen molar-refractivity contribution in [1.82, 2.24) is 15.3 Å². The summed E-state index contributed by atoms with van der Waals surface area (Å²) in [6.45, 7) is 0. The number of nitrogens with one attached hydrogen (secondary N) is 2. The molecule has 1 unspecified atom stereocenters. The molecule has 20 heavy (non-hydrogen) atoms. The van der Waals surface area contributed by atoms with Gasteiger partial charge in [-0.1, -0.05) is 22.0 Å². The van der Waals surface area contributed by atoms with Gasteiger partial charge in [0.15, 0.2) is 0 Å². The summed E-state index contributed by atoms with van der Waals surface area (Å²) < 4.78 is 38.8. The summed E-state index contributed by atoms with van der Waals surface area (Å²) in [5.41, 5.74) is -0.103. The Morgan fingerprint density at radius 1 is 1.40 bits per heavy atom. The molecule has 0 fully saturated rings. The smallest absolute Gasteiger partial charge is 0.349 e. The molecule has 0 bridgehead atoms. The standard InChI is InChI=1S/C13H13BrF3N3/c1-18-11(7-12-19-4-5-20-12)8-2-3-10(14)9(6-8)13(15,16)17/h2-6,11,18H,7H2,1H3,(H,19,20). The number of benzene rings is 1. The van der Waals surface area contributed by atoms with Gasteiger partial charge in [-0.05, 0) is 24.7 Å². The first-order valence-corrected chi connectivity index (χ1v) is 6.73. The van der Waals surface area contributed by atoms with Crippen LogP contribution < -0.4 is 5.32 Å². The Balaban J connectivity index is 2.30. The maximum absolute atomic E-state index is 12.9. The average Bonchev–Trinajstić information content (AvgIpc) is 2.88. The fourth-order valence-corrected chi connectivity index (χ4v) is 2.44. The van der Waals surface area contributed by atoms with Crippen LogP contribution in [0, 0.1) is 0 Å². The summed E-state index contributed by atoms with van der Waals surface area (Å²) in [5.74, 6) is 0.723. The van der Waals surface area contributed by atoms with E-state index < -0.39 is 11.7 Å². The van der Waals surface area contributed by atoms with E-state index in [2.05, 4.69) is 31.2 Å². The second kappa shape index (κ2) is 5.97. The molecule has 0 amide bonds. The van der Waals surface area contributed by atoms with Crippen LogP contribution in [0.25, 0.3) is 0 Å². The molecule has 0 spiro atoms. The van der Waals surface area contributed by atoms with Crippen molar-refractivity contribution in [2.75, 3.05) is 7.05 Å². The van der Waals surface area contributed by atoms with Crippen LogP contribution in [-0.4, -0.2) is 17.0 Å². The van der Waals surface area contributed by atoms with Gasteiger partial charge in [-0.2, -0.15) is 13.2 Å². The lowest BCUT2D eigenvalue weighted by Crippen LogP contribution is -2.20. The van der Waals surface area contributed by atoms with Crippen LogP contribution in [0.5, 0.6) is 0 Å². The van der Waals surface area contributed by atoms with Gasteiger partial charge in [-0.3, -0.25) is 0 Å². The van der Waals surface area contributed by atoms with Crippen LogP contribution in [0.15, 0.2) is 35.1 Å². The highest BCUT2D eigenvalue weighted by Gasteiger charge is 2.33. The molecule has 108 valence electrons. The van der Waals surface area contributed by atoms with Crippen molar-refractivity contribution in [3.05, 3.63) is 52.0 Å². The highest BCUT2D eigenvalue weighted by atomic mass is 79.9. The van der Waals surface area contributed by atoms with Crippen LogP contribution in [0.3, 0.4) is 0 Å². The van der Waals surface area contributed by atoms with Crippen molar-refractivity contribution < 1.29 is 13.2 Å². The van der Waals surface area contributed by atoms with Crippen molar-refractivity contribution in [3.63, 3.8) is 0 Å². The normalized spacial score (nSPS) is 13.4. The lowest BCUT2D eigenvalue weighted by Gasteiger charge is -2.18. The number of hydrogen-bond donors (Lipinski definition) is 2. The molecule has 0 aliphatic heterocycles. The largest absolute Gasteiger partial charge is 0.417 e. The molecule has 1 atom stereocenters. The number of nitrogens with zero attached hydrogens (tertiary/aromatic N) is 1. The van der Waals surface area contributed by atoms with Crippen LogP contribution in [0.1, 0.15) is 23.0 Å². The predicted octanol–water partition coefficient (Wildman–Crippen LogP) is 3.69. The number of imidazole rings is 1. The number of likely N-dealkylation sites (N-methyl/N-ethyl adjacent to an activating group) is 1. The number of aromatic amines is 1. The third-order valence-corrected chi connectivity index (χ3v) is 3.69. The van der Waals surface area contributed by atoms with E-state index in [-0.39, 0.29) is 10.5 Å². The summed E-state index contributed by atoms with van der Waals surface area (Å²) in [5, 5.41) is 3.01. The summed E-state index contributed by atoms with van der Waals surface area (Å²) in [6.07, 6.45) is -0.587. The van der Waals surface area contributed by atoms with Gasteiger partial charge in [-0.25, -0.2) is 4.98 Å². The summed E-state index contributed by atoms with van der Waals surface area (Å²) in [7, 11) is 1.71. The van der Waals surface area contributed by atoms with E-state index >= 15 is 0 Å². The number of hydrogen-bond acceptors (Lipinski definition) is 2. The van der Waals surface area contributed by atoms with E-state index in [4.69, 9.17) is 0 Å². The van der Waals surface area contributed by atoms with Gasteiger partial charge >= 0.3 is 6.18 Å². The molecular formula is C13H13BrF3N3. The molecule has 1 heterocycles. The number of H-pyrrole nitrogens is 1. The molecule has 1 aromatic carbocycles. The molecule has 7 heteroatoms. The van der Waals surface area contributed by atoms with Crippen LogP contribution >= 0.6 is 15.9 Å². The Morgan fingerprint density at radius 3 is 2.70 bits per heavy atom. The molecule has 1 aromatic heterocycles. The zero-order valence-corrected chi connectivity index (χ0v) is 12.2. The molecule has 0 saturated carbocycles. The topological polar surface area (TPSA) is 40.7 Å². The van der Waals surface area contributed by atoms with E-state index in [0.717, 1.165) is 11.9 Å². The number of aromatic nitrogens is 2. The molecule has 0 aliphatic carbocycles. The van der Waals surface area contributed by atoms with Gasteiger partial charge in [0.2, 0.25) is 0 Å². The second-order valence-electron chi connectivity index (χ2n) is 4.32. The minimum Gasteiger partial charge on any atom is -0.349 e. The van der Waals surface area contributed by atoms with Gasteiger partial charge in [-0.15, -0.1) is 0 Å². The van der Waals surface area contributed by atoms with Crippen molar-refractivity contribution >= 4 is 15.9 Å². The Labute approximate surface area is 122 Å². The molecule has 0 radical (unpaired) electrons. The molecule has 0 aliphatic rings. The van der Waals surface area contributed by atoms with Crippen molar-refractivity contribution in [1.29, 1.82) is 0 Å². The van der Waals surface area contributed by atoms with Gasteiger partial charge in [0.05, 0.1) is 5.56 Å². The Hall–Kier alpha value is -1.34.